The van der Waals surface area contributed by atoms with Crippen LogP contribution < -0.4 is 5.32 Å². The third kappa shape index (κ3) is 67.0. The van der Waals surface area contributed by atoms with Crippen LogP contribution in [0.1, 0.15) is 142 Å². The SMILES string of the molecule is CCCCCCCCCCCCC/C=C/[C@@H](O)[C@H](COC(=O)CCC(=O)OOCCOCCOCCOCCOCCOCCOCCOCCOCCOCCOCCOCCOCCOCCOCCOC)NC(=O)CCCCCCC. The average molecular weight is 1220 g/mol. The molecule has 23 nitrogen and oxygen atoms in total. The molecule has 2 atom stereocenters. The number of allylic oxidation sites excluding steroid dienone is 1. The van der Waals surface area contributed by atoms with Gasteiger partial charge < -0.3 is 86.2 Å². The van der Waals surface area contributed by atoms with Gasteiger partial charge in [0.1, 0.15) is 13.2 Å². The van der Waals surface area contributed by atoms with Crippen LogP contribution in [0.3, 0.4) is 0 Å². The quantitative estimate of drug-likeness (QED) is 0.0202. The van der Waals surface area contributed by atoms with E-state index in [1.54, 1.807) is 13.2 Å². The molecule has 0 bridgehead atoms. The normalized spacial score (nSPS) is 12.4. The van der Waals surface area contributed by atoms with Crippen molar-refractivity contribution < 1.29 is 105 Å². The fraction of sp³-hybridized carbons (Fsp3) is 0.918. The van der Waals surface area contributed by atoms with Crippen LogP contribution in [0.2, 0.25) is 0 Å². The van der Waals surface area contributed by atoms with Crippen molar-refractivity contribution in [3.63, 3.8) is 0 Å². The minimum atomic E-state index is -1.03. The first-order valence-corrected chi connectivity index (χ1v) is 31.6. The molecule has 0 aromatic rings. The van der Waals surface area contributed by atoms with E-state index >= 15 is 0 Å². The lowest BCUT2D eigenvalue weighted by atomic mass is 10.0. The van der Waals surface area contributed by atoms with E-state index in [1.807, 2.05) is 6.08 Å². The number of carbonyl (C=O) groups excluding carboxylic acids is 3. The Morgan fingerprint density at radius 2 is 0.667 bits per heavy atom. The van der Waals surface area contributed by atoms with Gasteiger partial charge >= 0.3 is 11.9 Å². The van der Waals surface area contributed by atoms with Crippen molar-refractivity contribution >= 4 is 17.8 Å². The number of aliphatic hydroxyl groups excluding tert-OH is 1. The third-order valence-electron chi connectivity index (χ3n) is 12.3. The van der Waals surface area contributed by atoms with Crippen LogP contribution in [-0.2, 0) is 99.9 Å². The van der Waals surface area contributed by atoms with Gasteiger partial charge in [0.2, 0.25) is 5.91 Å². The molecule has 0 unspecified atom stereocenters. The molecule has 0 spiro atoms. The summed E-state index contributed by atoms with van der Waals surface area (Å²) in [6.45, 7) is 17.5. The highest BCUT2D eigenvalue weighted by Gasteiger charge is 2.22. The Morgan fingerprint density at radius 1 is 0.369 bits per heavy atom. The van der Waals surface area contributed by atoms with Gasteiger partial charge in [-0.25, -0.2) is 4.79 Å². The Morgan fingerprint density at radius 3 is 1.01 bits per heavy atom. The van der Waals surface area contributed by atoms with Crippen LogP contribution in [0.4, 0.5) is 0 Å². The highest BCUT2D eigenvalue weighted by atomic mass is 17.2. The van der Waals surface area contributed by atoms with Crippen molar-refractivity contribution in [3.8, 4) is 0 Å². The number of ether oxygens (including phenoxy) is 16. The molecule has 2 N–H and O–H groups in total. The first kappa shape index (κ1) is 81.5. The zero-order valence-corrected chi connectivity index (χ0v) is 52.4. The Bertz CT molecular complexity index is 1370. The number of amides is 1. The van der Waals surface area contributed by atoms with Crippen LogP contribution >= 0.6 is 0 Å². The first-order chi connectivity index (χ1) is 41.4. The number of unbranched alkanes of at least 4 members (excludes halogenated alkanes) is 15. The van der Waals surface area contributed by atoms with Crippen LogP contribution in [0.5, 0.6) is 0 Å². The van der Waals surface area contributed by atoms with E-state index in [9.17, 15) is 19.5 Å². The number of carbonyl (C=O) groups is 3. The lowest BCUT2D eigenvalue weighted by Crippen LogP contribution is -2.46. The molecule has 0 heterocycles. The van der Waals surface area contributed by atoms with E-state index in [0.29, 0.717) is 191 Å². The summed E-state index contributed by atoms with van der Waals surface area (Å²) in [5.74, 6) is -1.60. The summed E-state index contributed by atoms with van der Waals surface area (Å²) < 4.78 is 87.0. The Kier molecular flexibility index (Phi) is 69.1. The van der Waals surface area contributed by atoms with Gasteiger partial charge in [0.15, 0.2) is 0 Å². The molecule has 0 aromatic carbocycles. The zero-order valence-electron chi connectivity index (χ0n) is 52.4. The molecule has 0 saturated heterocycles. The summed E-state index contributed by atoms with van der Waals surface area (Å²) >= 11 is 0. The molecule has 0 aliphatic carbocycles. The molecule has 498 valence electrons. The summed E-state index contributed by atoms with van der Waals surface area (Å²) in [5.41, 5.74) is 0. The molecule has 0 saturated carbocycles. The second-order valence-corrected chi connectivity index (χ2v) is 19.6. The van der Waals surface area contributed by atoms with Gasteiger partial charge in [0, 0.05) is 13.5 Å². The van der Waals surface area contributed by atoms with Crippen LogP contribution in [0.15, 0.2) is 12.2 Å². The fourth-order valence-corrected chi connectivity index (χ4v) is 7.49. The maximum absolute atomic E-state index is 12.7. The maximum atomic E-state index is 12.7. The molecule has 0 aromatic heterocycles. The first-order valence-electron chi connectivity index (χ1n) is 31.6. The molecule has 1 amide bonds. The smallest absolute Gasteiger partial charge is 0.342 e. The minimum absolute atomic E-state index is 0.00340. The number of hydrogen-bond donors (Lipinski definition) is 2. The Hall–Kier alpha value is -2.53. The Balaban J connectivity index is 3.63. The highest BCUT2D eigenvalue weighted by molar-refractivity contribution is 5.78. The van der Waals surface area contributed by atoms with Crippen molar-refractivity contribution in [1.82, 2.24) is 5.32 Å². The van der Waals surface area contributed by atoms with Gasteiger partial charge in [-0.2, -0.15) is 4.89 Å². The number of esters is 1. The van der Waals surface area contributed by atoms with Gasteiger partial charge in [-0.15, -0.1) is 0 Å². The van der Waals surface area contributed by atoms with Crippen LogP contribution in [-0.4, -0.2) is 247 Å². The van der Waals surface area contributed by atoms with Gasteiger partial charge in [0.25, 0.3) is 0 Å². The monoisotopic (exact) mass is 1220 g/mol. The standard InChI is InChI=1S/C61H117NO22/c1-4-6-8-10-11-12-13-14-15-16-17-19-20-22-58(63)57(62-59(64)23-21-18-9-7-5-2)56-82-60(65)24-25-61(66)84-83-55-54-81-53-52-80-51-50-79-49-48-78-47-46-77-45-44-76-43-42-75-41-40-74-39-38-73-37-36-72-35-34-71-33-32-70-31-30-69-29-28-68-27-26-67-3/h20,22,57-58,63H,4-19,21,23-56H2,1-3H3,(H,62,64)/b22-20+/t57-,58+/m0/s1. The summed E-state index contributed by atoms with van der Waals surface area (Å²) in [6, 6.07) is -0.812. The minimum Gasteiger partial charge on any atom is -0.463 e. The molecule has 0 radical (unpaired) electrons. The average Bonchev–Trinajstić information content (AvgIpc) is 3.52. The van der Waals surface area contributed by atoms with Gasteiger partial charge in [-0.1, -0.05) is 116 Å². The second-order valence-electron chi connectivity index (χ2n) is 19.6. The highest BCUT2D eigenvalue weighted by Crippen LogP contribution is 2.13. The Labute approximate surface area is 505 Å². The number of rotatable bonds is 72. The molecule has 0 fully saturated rings. The van der Waals surface area contributed by atoms with E-state index in [2.05, 4.69) is 19.2 Å². The number of hydrogen-bond acceptors (Lipinski definition) is 22. The molecule has 0 aliphatic heterocycles. The van der Waals surface area contributed by atoms with Crippen molar-refractivity contribution in [2.24, 2.45) is 0 Å². The van der Waals surface area contributed by atoms with E-state index in [0.717, 1.165) is 51.4 Å². The maximum Gasteiger partial charge on any atom is 0.342 e. The summed E-state index contributed by atoms with van der Waals surface area (Å²) in [6.07, 6.45) is 22.1. The summed E-state index contributed by atoms with van der Waals surface area (Å²) in [7, 11) is 1.64. The van der Waals surface area contributed by atoms with Gasteiger partial charge in [-0.05, 0) is 19.3 Å². The summed E-state index contributed by atoms with van der Waals surface area (Å²) in [5, 5.41) is 13.8. The van der Waals surface area contributed by atoms with Gasteiger partial charge in [-0.3, -0.25) is 14.5 Å². The zero-order chi connectivity index (χ0) is 60.8. The number of nitrogens with one attached hydrogen (secondary N) is 1. The van der Waals surface area contributed by atoms with E-state index < -0.39 is 24.1 Å². The number of aliphatic hydroxyl groups is 1. The molecular formula is C61H117NO22. The molecule has 0 rings (SSSR count). The van der Waals surface area contributed by atoms with E-state index in [4.69, 9.17) is 85.6 Å². The summed E-state index contributed by atoms with van der Waals surface area (Å²) in [4.78, 5) is 47.1. The van der Waals surface area contributed by atoms with E-state index in [-0.39, 0.29) is 38.6 Å². The van der Waals surface area contributed by atoms with Crippen molar-refractivity contribution in [3.05, 3.63) is 12.2 Å². The predicted octanol–water partition coefficient (Wildman–Crippen LogP) is 7.13. The van der Waals surface area contributed by atoms with Crippen LogP contribution in [0.25, 0.3) is 0 Å². The lowest BCUT2D eigenvalue weighted by Gasteiger charge is -2.22. The van der Waals surface area contributed by atoms with Crippen LogP contribution in [0, 0.1) is 0 Å². The fourth-order valence-electron chi connectivity index (χ4n) is 7.49. The van der Waals surface area contributed by atoms with Crippen molar-refractivity contribution in [2.75, 3.05) is 212 Å². The van der Waals surface area contributed by atoms with Crippen molar-refractivity contribution in [1.29, 1.82) is 0 Å². The predicted molar refractivity (Wildman–Crippen MR) is 317 cm³/mol. The third-order valence-corrected chi connectivity index (χ3v) is 12.3. The van der Waals surface area contributed by atoms with E-state index in [1.165, 1.54) is 57.8 Å². The number of methoxy groups -OCH3 is 1. The second kappa shape index (κ2) is 71.2. The molecule has 0 aliphatic rings. The topological polar surface area (TPSA) is 250 Å². The van der Waals surface area contributed by atoms with Crippen molar-refractivity contribution in [2.45, 2.75) is 154 Å². The van der Waals surface area contributed by atoms with Gasteiger partial charge in [0.05, 0.1) is 217 Å². The largest absolute Gasteiger partial charge is 0.463 e. The lowest BCUT2D eigenvalue weighted by molar-refractivity contribution is -0.276. The molecular weight excluding hydrogens is 1100 g/mol. The molecule has 84 heavy (non-hydrogen) atoms. The molecule has 23 heteroatoms.